The summed E-state index contributed by atoms with van der Waals surface area (Å²) in [5.74, 6) is 2.47. The highest BCUT2D eigenvalue weighted by molar-refractivity contribution is 6.23. The molecule has 5 aromatic carbocycles. The molecule has 0 unspecified atom stereocenters. The predicted octanol–water partition coefficient (Wildman–Crippen LogP) is 11.0. The average molecular weight is 696 g/mol. The maximum atomic E-state index is 13.2. The molecule has 0 atom stereocenters. The van der Waals surface area contributed by atoms with Gasteiger partial charge in [0, 0.05) is 46.5 Å². The van der Waals surface area contributed by atoms with Gasteiger partial charge in [-0.2, -0.15) is 0 Å². The Kier molecular flexibility index (Phi) is 12.5. The standard InChI is InChI=1S/C31H39N5O.C14H14O/c1-6-8-14-36(15-9-7-2)30(37)20-10-12-23(13-11-20)34-27-18-22(31(3,4)5)16-21-17-25-26(19-24(21)27)29(33)35-28(25)32;1-2-12-7-6-10-14(11-12)15-13-8-4-3-5-9-13/h10-13,16-19,34H,6-9,14-15H2,1-5H3,(H3,32,33,35);3-11H,2H2,1H3. The van der Waals surface area contributed by atoms with Crippen molar-refractivity contribution in [2.45, 2.75) is 79.1 Å². The van der Waals surface area contributed by atoms with Crippen LogP contribution in [-0.4, -0.2) is 35.6 Å². The highest BCUT2D eigenvalue weighted by atomic mass is 16.5. The van der Waals surface area contributed by atoms with Crippen molar-refractivity contribution in [2.75, 3.05) is 18.4 Å². The average Bonchev–Trinajstić information content (AvgIpc) is 3.42. The zero-order valence-electron chi connectivity index (χ0n) is 31.6. The monoisotopic (exact) mass is 695 g/mol. The Labute approximate surface area is 309 Å². The van der Waals surface area contributed by atoms with Crippen molar-refractivity contribution in [1.82, 2.24) is 4.90 Å². The number of carbonyl (C=O) groups excluding carboxylic acids is 1. The quantitative estimate of drug-likeness (QED) is 0.121. The van der Waals surface area contributed by atoms with Gasteiger partial charge in [0.25, 0.3) is 5.91 Å². The van der Waals surface area contributed by atoms with Crippen molar-refractivity contribution >= 4 is 39.7 Å². The van der Waals surface area contributed by atoms with Gasteiger partial charge in [-0.3, -0.25) is 10.2 Å². The number of hydrogen-bond acceptors (Lipinski definition) is 5. The number of amidine groups is 2. The van der Waals surface area contributed by atoms with E-state index in [-0.39, 0.29) is 17.2 Å². The lowest BCUT2D eigenvalue weighted by Gasteiger charge is -2.23. The van der Waals surface area contributed by atoms with E-state index >= 15 is 0 Å². The van der Waals surface area contributed by atoms with E-state index < -0.39 is 0 Å². The van der Waals surface area contributed by atoms with Gasteiger partial charge in [0.2, 0.25) is 0 Å². The van der Waals surface area contributed by atoms with Crippen molar-refractivity contribution in [3.05, 3.63) is 131 Å². The molecule has 1 aliphatic heterocycles. The number of para-hydroxylation sites is 1. The van der Waals surface area contributed by atoms with E-state index in [1.54, 1.807) is 0 Å². The van der Waals surface area contributed by atoms with Gasteiger partial charge in [-0.1, -0.05) is 90.8 Å². The number of hydrogen-bond donors (Lipinski definition) is 3. The molecule has 6 rings (SSSR count). The minimum atomic E-state index is -0.0522. The molecule has 0 bridgehead atoms. The van der Waals surface area contributed by atoms with Crippen LogP contribution in [0, 0.1) is 5.41 Å². The minimum absolute atomic E-state index is 0.0522. The summed E-state index contributed by atoms with van der Waals surface area (Å²) in [7, 11) is 0. The number of benzene rings is 5. The normalized spacial score (nSPS) is 12.1. The summed E-state index contributed by atoms with van der Waals surface area (Å²) >= 11 is 0. The molecule has 4 N–H and O–H groups in total. The van der Waals surface area contributed by atoms with Crippen molar-refractivity contribution in [3.8, 4) is 11.5 Å². The van der Waals surface area contributed by atoms with Gasteiger partial charge < -0.3 is 20.7 Å². The van der Waals surface area contributed by atoms with Crippen LogP contribution >= 0.6 is 0 Å². The number of nitrogens with zero attached hydrogens (tertiary/aromatic N) is 2. The Balaban J connectivity index is 0.000000289. The lowest BCUT2D eigenvalue weighted by molar-refractivity contribution is 0.0751. The summed E-state index contributed by atoms with van der Waals surface area (Å²) in [6.45, 7) is 14.6. The first-order valence-electron chi connectivity index (χ1n) is 18.5. The Morgan fingerprint density at radius 1 is 0.808 bits per heavy atom. The van der Waals surface area contributed by atoms with Crippen LogP contribution in [0.4, 0.5) is 11.4 Å². The predicted molar refractivity (Wildman–Crippen MR) is 218 cm³/mol. The van der Waals surface area contributed by atoms with Gasteiger partial charge >= 0.3 is 0 Å². The zero-order valence-corrected chi connectivity index (χ0v) is 31.6. The molecule has 7 nitrogen and oxygen atoms in total. The molecule has 0 saturated heterocycles. The third-order valence-corrected chi connectivity index (χ3v) is 9.27. The molecule has 7 heteroatoms. The van der Waals surface area contributed by atoms with Crippen molar-refractivity contribution in [2.24, 2.45) is 10.7 Å². The third kappa shape index (κ3) is 9.46. The number of carbonyl (C=O) groups is 1. The number of rotatable bonds is 12. The summed E-state index contributed by atoms with van der Waals surface area (Å²) in [4.78, 5) is 19.3. The molecule has 0 aromatic heterocycles. The first kappa shape index (κ1) is 37.8. The topological polar surface area (TPSA) is 104 Å². The van der Waals surface area contributed by atoms with Gasteiger partial charge in [-0.25, -0.2) is 4.99 Å². The van der Waals surface area contributed by atoms with Gasteiger partial charge in [0.15, 0.2) is 5.84 Å². The zero-order chi connectivity index (χ0) is 37.3. The maximum absolute atomic E-state index is 13.2. The fourth-order valence-electron chi connectivity index (χ4n) is 6.10. The Morgan fingerprint density at radius 2 is 1.48 bits per heavy atom. The molecule has 0 spiro atoms. The molecule has 0 aliphatic carbocycles. The highest BCUT2D eigenvalue weighted by Crippen LogP contribution is 2.36. The number of aryl methyl sites for hydroxylation is 1. The fraction of sp³-hybridized carbons (Fsp3) is 0.311. The Bertz CT molecular complexity index is 2020. The number of amides is 1. The van der Waals surface area contributed by atoms with Crippen LogP contribution in [0.3, 0.4) is 0 Å². The van der Waals surface area contributed by atoms with Crippen LogP contribution in [0.25, 0.3) is 10.8 Å². The van der Waals surface area contributed by atoms with Crippen LogP contribution in [0.2, 0.25) is 0 Å². The van der Waals surface area contributed by atoms with E-state index in [0.29, 0.717) is 11.4 Å². The van der Waals surface area contributed by atoms with E-state index in [4.69, 9.17) is 15.9 Å². The largest absolute Gasteiger partial charge is 0.457 e. The van der Waals surface area contributed by atoms with E-state index in [0.717, 1.165) is 90.0 Å². The summed E-state index contributed by atoms with van der Waals surface area (Å²) in [5.41, 5.74) is 12.7. The van der Waals surface area contributed by atoms with Crippen molar-refractivity contribution < 1.29 is 9.53 Å². The summed E-state index contributed by atoms with van der Waals surface area (Å²) < 4.78 is 5.72. The summed E-state index contributed by atoms with van der Waals surface area (Å²) in [5, 5.41) is 13.8. The number of fused-ring (bicyclic) bond motifs is 2. The summed E-state index contributed by atoms with van der Waals surface area (Å²) in [6, 6.07) is 34.2. The first-order valence-corrected chi connectivity index (χ1v) is 18.5. The van der Waals surface area contributed by atoms with Crippen LogP contribution in [-0.2, 0) is 11.8 Å². The van der Waals surface area contributed by atoms with Crippen molar-refractivity contribution in [1.29, 1.82) is 5.41 Å². The lowest BCUT2D eigenvalue weighted by atomic mass is 9.84. The number of nitrogens with one attached hydrogen (secondary N) is 2. The van der Waals surface area contributed by atoms with Crippen LogP contribution < -0.4 is 15.8 Å². The number of nitrogens with two attached hydrogens (primary N) is 1. The third-order valence-electron chi connectivity index (χ3n) is 9.27. The number of unbranched alkanes of at least 4 members (excludes halogenated alkanes) is 2. The maximum Gasteiger partial charge on any atom is 0.253 e. The molecule has 0 saturated carbocycles. The minimum Gasteiger partial charge on any atom is -0.457 e. The van der Waals surface area contributed by atoms with Crippen LogP contribution in [0.5, 0.6) is 11.5 Å². The molecule has 1 amide bonds. The Morgan fingerprint density at radius 3 is 2.12 bits per heavy atom. The first-order chi connectivity index (χ1) is 25.0. The van der Waals surface area contributed by atoms with E-state index in [9.17, 15) is 4.79 Å². The SMILES string of the molecule is CCCCN(CCCC)C(=O)c1ccc(Nc2cc(C(C)(C)C)cc3cc4c(cc23)C(N)=NC4=N)cc1.CCc1cccc(Oc2ccccc2)c1. The molecular weight excluding hydrogens is 643 g/mol. The van der Waals surface area contributed by atoms with Gasteiger partial charge in [0.05, 0.1) is 0 Å². The summed E-state index contributed by atoms with van der Waals surface area (Å²) in [6.07, 6.45) is 5.21. The second kappa shape index (κ2) is 17.2. The van der Waals surface area contributed by atoms with E-state index in [2.05, 4.69) is 76.1 Å². The second-order valence-corrected chi connectivity index (χ2v) is 14.4. The smallest absolute Gasteiger partial charge is 0.253 e. The van der Waals surface area contributed by atoms with Crippen LogP contribution in [0.1, 0.15) is 99.8 Å². The molecule has 5 aromatic rings. The molecule has 1 heterocycles. The number of ether oxygens (including phenoxy) is 1. The van der Waals surface area contributed by atoms with E-state index in [1.807, 2.05) is 83.8 Å². The molecule has 270 valence electrons. The van der Waals surface area contributed by atoms with E-state index in [1.165, 1.54) is 11.1 Å². The van der Waals surface area contributed by atoms with Crippen LogP contribution in [0.15, 0.2) is 108 Å². The molecule has 0 fully saturated rings. The molecular formula is C45H53N5O2. The van der Waals surface area contributed by atoms with Gasteiger partial charge in [0.1, 0.15) is 17.3 Å². The fourth-order valence-corrected chi connectivity index (χ4v) is 6.10. The lowest BCUT2D eigenvalue weighted by Crippen LogP contribution is -2.32. The Hall–Kier alpha value is -5.43. The molecule has 0 radical (unpaired) electrons. The van der Waals surface area contributed by atoms with Gasteiger partial charge in [-0.05, 0) is 108 Å². The van der Waals surface area contributed by atoms with Crippen molar-refractivity contribution in [3.63, 3.8) is 0 Å². The molecule has 1 aliphatic rings. The molecule has 52 heavy (non-hydrogen) atoms. The second-order valence-electron chi connectivity index (χ2n) is 14.4. The van der Waals surface area contributed by atoms with Gasteiger partial charge in [-0.15, -0.1) is 0 Å². The highest BCUT2D eigenvalue weighted by Gasteiger charge is 2.23. The number of anilines is 2. The number of aliphatic imine (C=N–C) groups is 1.